The highest BCUT2D eigenvalue weighted by Crippen LogP contribution is 2.33. The van der Waals surface area contributed by atoms with E-state index in [4.69, 9.17) is 14.9 Å². The van der Waals surface area contributed by atoms with Crippen molar-refractivity contribution >= 4 is 0 Å². The monoisotopic (exact) mass is 464 g/mol. The molecule has 0 amide bonds. The predicted octanol–water partition coefficient (Wildman–Crippen LogP) is 0.557. The predicted molar refractivity (Wildman–Crippen MR) is 85.1 cm³/mol. The molecule has 0 aromatic heterocycles. The van der Waals surface area contributed by atoms with Crippen LogP contribution >= 0.6 is 0 Å². The highest BCUT2D eigenvalue weighted by Gasteiger charge is 2.52. The summed E-state index contributed by atoms with van der Waals surface area (Å²) in [6.07, 6.45) is -15.9. The van der Waals surface area contributed by atoms with Crippen LogP contribution in [-0.4, -0.2) is 106 Å². The van der Waals surface area contributed by atoms with E-state index in [2.05, 4.69) is 23.7 Å². The summed E-state index contributed by atoms with van der Waals surface area (Å²) in [6, 6.07) is 0. The van der Waals surface area contributed by atoms with E-state index in [0.29, 0.717) is 0 Å². The molecular weight excluding hydrogens is 438 g/mol. The van der Waals surface area contributed by atoms with Gasteiger partial charge in [0.2, 0.25) is 0 Å². The number of ether oxygens (including phenoxy) is 6. The lowest BCUT2D eigenvalue weighted by atomic mass is 10.4. The molecule has 3 N–H and O–H groups in total. The first-order valence-electron chi connectivity index (χ1n) is 8.67. The average molecular weight is 464 g/mol. The van der Waals surface area contributed by atoms with Gasteiger partial charge in [-0.25, -0.2) is 9.47 Å². The van der Waals surface area contributed by atoms with E-state index < -0.39 is 51.0 Å². The van der Waals surface area contributed by atoms with Gasteiger partial charge >= 0.3 is 18.5 Å². The second-order valence-corrected chi connectivity index (χ2v) is 5.65. The van der Waals surface area contributed by atoms with Crippen LogP contribution in [0.4, 0.5) is 26.3 Å². The van der Waals surface area contributed by atoms with E-state index in [1.807, 2.05) is 0 Å². The maximum atomic E-state index is 13.4. The van der Waals surface area contributed by atoms with Crippen molar-refractivity contribution in [3.05, 3.63) is 0 Å². The van der Waals surface area contributed by atoms with Gasteiger partial charge in [0.05, 0.1) is 39.6 Å². The van der Waals surface area contributed by atoms with Gasteiger partial charge in [-0.1, -0.05) is 0 Å². The number of rotatable bonds is 20. The quantitative estimate of drug-likeness (QED) is 0.135. The number of aliphatic hydroxyl groups excluding tert-OH is 3. The second-order valence-electron chi connectivity index (χ2n) is 5.65. The molecule has 1 atom stereocenters. The van der Waals surface area contributed by atoms with Crippen molar-refractivity contribution in [2.45, 2.75) is 31.0 Å². The third kappa shape index (κ3) is 17.0. The Balaban J connectivity index is 4.22. The van der Waals surface area contributed by atoms with Gasteiger partial charge in [-0.15, -0.1) is 8.78 Å². The second kappa shape index (κ2) is 15.1. The maximum absolute atomic E-state index is 13.4. The average Bonchev–Trinajstić information content (AvgIpc) is 2.59. The summed E-state index contributed by atoms with van der Waals surface area (Å²) in [4.78, 5) is 0. The summed E-state index contributed by atoms with van der Waals surface area (Å²) in [7, 11) is 0. The molecular formula is C15H26F6O9. The summed E-state index contributed by atoms with van der Waals surface area (Å²) in [5.74, 6) is 0. The molecule has 30 heavy (non-hydrogen) atoms. The molecule has 0 aromatic rings. The van der Waals surface area contributed by atoms with E-state index in [-0.39, 0.29) is 46.1 Å². The van der Waals surface area contributed by atoms with Gasteiger partial charge in [0.1, 0.15) is 19.3 Å². The Labute approximate surface area is 168 Å². The fraction of sp³-hybridized carbons (Fsp3) is 1.00. The van der Waals surface area contributed by atoms with Crippen molar-refractivity contribution in [2.24, 2.45) is 0 Å². The highest BCUT2D eigenvalue weighted by atomic mass is 19.3. The number of hydrogen-bond donors (Lipinski definition) is 3. The lowest BCUT2D eigenvalue weighted by Crippen LogP contribution is -2.44. The van der Waals surface area contributed by atoms with Crippen LogP contribution in [0.15, 0.2) is 0 Å². The molecule has 0 aliphatic rings. The Morgan fingerprint density at radius 3 is 1.73 bits per heavy atom. The normalized spacial score (nSPS) is 14.3. The van der Waals surface area contributed by atoms with E-state index in [1.165, 1.54) is 0 Å². The van der Waals surface area contributed by atoms with Crippen molar-refractivity contribution < 1.29 is 70.1 Å². The fourth-order valence-electron chi connectivity index (χ4n) is 1.65. The topological polar surface area (TPSA) is 116 Å². The Morgan fingerprint density at radius 2 is 1.17 bits per heavy atom. The van der Waals surface area contributed by atoms with Crippen LogP contribution in [0, 0.1) is 0 Å². The van der Waals surface area contributed by atoms with Crippen LogP contribution in [0.25, 0.3) is 0 Å². The molecule has 0 spiro atoms. The van der Waals surface area contributed by atoms with Gasteiger partial charge in [0.15, 0.2) is 0 Å². The molecule has 15 heteroatoms. The van der Waals surface area contributed by atoms with Crippen molar-refractivity contribution in [1.82, 2.24) is 0 Å². The summed E-state index contributed by atoms with van der Waals surface area (Å²) >= 11 is 0. The standard InChI is InChI=1S/C15H26F6O9/c16-13(17,10-27-7-6-25-5-3-23)29-15(20,21)30-14(18,19)11-28-9-12(24)8-26-4-1-2-22/h12,22-24H,1-11H2. The minimum absolute atomic E-state index is 0.0873. The Kier molecular flexibility index (Phi) is 14.7. The van der Waals surface area contributed by atoms with Gasteiger partial charge in [0.25, 0.3) is 0 Å². The zero-order chi connectivity index (χ0) is 23.1. The van der Waals surface area contributed by atoms with E-state index in [0.717, 1.165) is 0 Å². The molecule has 0 saturated carbocycles. The number of aliphatic hydroxyl groups is 3. The number of hydrogen-bond acceptors (Lipinski definition) is 9. The van der Waals surface area contributed by atoms with Crippen molar-refractivity contribution in [2.75, 3.05) is 66.1 Å². The minimum Gasteiger partial charge on any atom is -0.396 e. The van der Waals surface area contributed by atoms with Crippen LogP contribution in [0.5, 0.6) is 0 Å². The fourth-order valence-corrected chi connectivity index (χ4v) is 1.65. The number of halogens is 6. The smallest absolute Gasteiger partial charge is 0.396 e. The Morgan fingerprint density at radius 1 is 0.633 bits per heavy atom. The summed E-state index contributed by atoms with van der Waals surface area (Å²) in [5.41, 5.74) is 0. The molecule has 0 fully saturated rings. The lowest BCUT2D eigenvalue weighted by Gasteiger charge is -2.26. The third-order valence-corrected chi connectivity index (χ3v) is 2.75. The molecule has 0 saturated heterocycles. The first-order valence-corrected chi connectivity index (χ1v) is 8.67. The maximum Gasteiger partial charge on any atom is 0.495 e. The molecule has 0 aromatic carbocycles. The van der Waals surface area contributed by atoms with E-state index >= 15 is 0 Å². The zero-order valence-electron chi connectivity index (χ0n) is 15.9. The molecule has 0 aliphatic heterocycles. The minimum atomic E-state index is -5.39. The molecule has 9 nitrogen and oxygen atoms in total. The number of alkyl halides is 6. The molecule has 1 unspecified atom stereocenters. The summed E-state index contributed by atoms with van der Waals surface area (Å²) in [6.45, 7) is -5.72. The van der Waals surface area contributed by atoms with E-state index in [1.54, 1.807) is 0 Å². The van der Waals surface area contributed by atoms with Gasteiger partial charge in [-0.2, -0.15) is 17.6 Å². The summed E-state index contributed by atoms with van der Waals surface area (Å²) < 4.78 is 104. The zero-order valence-corrected chi connectivity index (χ0v) is 15.9. The third-order valence-electron chi connectivity index (χ3n) is 2.75. The van der Waals surface area contributed by atoms with Crippen LogP contribution in [0.3, 0.4) is 0 Å². The van der Waals surface area contributed by atoms with Gasteiger partial charge in [0, 0.05) is 13.2 Å². The lowest BCUT2D eigenvalue weighted by molar-refractivity contribution is -0.518. The van der Waals surface area contributed by atoms with Crippen LogP contribution in [-0.2, 0) is 28.4 Å². The first-order chi connectivity index (χ1) is 13.9. The van der Waals surface area contributed by atoms with Gasteiger partial charge < -0.3 is 34.3 Å². The molecule has 0 radical (unpaired) electrons. The molecule has 0 rings (SSSR count). The van der Waals surface area contributed by atoms with Crippen molar-refractivity contribution in [3.63, 3.8) is 0 Å². The molecule has 182 valence electrons. The Bertz CT molecular complexity index is 431. The van der Waals surface area contributed by atoms with Crippen molar-refractivity contribution in [3.8, 4) is 0 Å². The van der Waals surface area contributed by atoms with Gasteiger partial charge in [-0.05, 0) is 6.42 Å². The first kappa shape index (κ1) is 29.2. The molecule has 0 heterocycles. The van der Waals surface area contributed by atoms with Crippen LogP contribution in [0.1, 0.15) is 6.42 Å². The molecule has 0 aliphatic carbocycles. The van der Waals surface area contributed by atoms with Gasteiger partial charge in [-0.3, -0.25) is 0 Å². The van der Waals surface area contributed by atoms with Crippen molar-refractivity contribution in [1.29, 1.82) is 0 Å². The largest absolute Gasteiger partial charge is 0.495 e. The van der Waals surface area contributed by atoms with Crippen LogP contribution in [0.2, 0.25) is 0 Å². The van der Waals surface area contributed by atoms with Crippen LogP contribution < -0.4 is 0 Å². The summed E-state index contributed by atoms with van der Waals surface area (Å²) in [5, 5.41) is 26.3. The van der Waals surface area contributed by atoms with E-state index in [9.17, 15) is 31.4 Å². The Hall–Kier alpha value is -0.780. The SMILES string of the molecule is OCCCOCC(O)COCC(F)(F)OC(F)(F)OC(F)(F)COCCOCCO. The highest BCUT2D eigenvalue weighted by molar-refractivity contribution is 4.58. The molecule has 0 bridgehead atoms.